The number of ether oxygens (including phenoxy) is 1. The van der Waals surface area contributed by atoms with Crippen LogP contribution in [0.2, 0.25) is 0 Å². The number of hydrogen-bond acceptors (Lipinski definition) is 3. The molecule has 23 heavy (non-hydrogen) atoms. The van der Waals surface area contributed by atoms with E-state index in [1.165, 1.54) is 0 Å². The molecule has 6 heteroatoms. The summed E-state index contributed by atoms with van der Waals surface area (Å²) in [4.78, 5) is 12.0. The summed E-state index contributed by atoms with van der Waals surface area (Å²) in [7, 11) is 1.60. The number of methoxy groups -OCH3 is 1. The van der Waals surface area contributed by atoms with E-state index in [0.29, 0.717) is 11.4 Å². The van der Waals surface area contributed by atoms with E-state index >= 15 is 0 Å². The molecular formula is C17H16N4O2. The Balaban J connectivity index is 1.61. The first-order chi connectivity index (χ1) is 11.2. The Morgan fingerprint density at radius 2 is 1.61 bits per heavy atom. The summed E-state index contributed by atoms with van der Waals surface area (Å²) in [6, 6.07) is 16.1. The van der Waals surface area contributed by atoms with Crippen LogP contribution in [0.5, 0.6) is 5.75 Å². The van der Waals surface area contributed by atoms with Gasteiger partial charge in [-0.2, -0.15) is 5.10 Å². The topological polar surface area (TPSA) is 68.2 Å². The maximum absolute atomic E-state index is 12.0. The fourth-order valence-corrected chi connectivity index (χ4v) is 2.09. The van der Waals surface area contributed by atoms with Crippen molar-refractivity contribution in [2.24, 2.45) is 0 Å². The molecule has 3 rings (SSSR count). The number of amides is 2. The molecule has 1 heterocycles. The van der Waals surface area contributed by atoms with Gasteiger partial charge in [-0.1, -0.05) is 0 Å². The predicted octanol–water partition coefficient (Wildman–Crippen LogP) is 3.52. The normalized spacial score (nSPS) is 10.1. The molecule has 116 valence electrons. The summed E-state index contributed by atoms with van der Waals surface area (Å²) >= 11 is 0. The van der Waals surface area contributed by atoms with Gasteiger partial charge in [-0.3, -0.25) is 0 Å². The van der Waals surface area contributed by atoms with Crippen molar-refractivity contribution in [1.29, 1.82) is 0 Å². The van der Waals surface area contributed by atoms with Crippen molar-refractivity contribution in [2.75, 3.05) is 17.7 Å². The zero-order chi connectivity index (χ0) is 16.1. The quantitative estimate of drug-likeness (QED) is 0.775. The zero-order valence-corrected chi connectivity index (χ0v) is 12.6. The first-order valence-electron chi connectivity index (χ1n) is 7.07. The third-order valence-corrected chi connectivity index (χ3v) is 3.24. The SMILES string of the molecule is COc1ccc(NC(=O)Nc2ccc(-n3cccn3)cc2)cc1. The summed E-state index contributed by atoms with van der Waals surface area (Å²) in [5, 5.41) is 9.70. The molecule has 3 aromatic rings. The minimum Gasteiger partial charge on any atom is -0.497 e. The van der Waals surface area contributed by atoms with Crippen molar-refractivity contribution < 1.29 is 9.53 Å². The Kier molecular flexibility index (Phi) is 4.24. The molecule has 0 unspecified atom stereocenters. The number of urea groups is 1. The molecule has 0 bridgehead atoms. The summed E-state index contributed by atoms with van der Waals surface area (Å²) in [5.74, 6) is 0.741. The molecule has 0 radical (unpaired) electrons. The van der Waals surface area contributed by atoms with Crippen molar-refractivity contribution >= 4 is 17.4 Å². The summed E-state index contributed by atoms with van der Waals surface area (Å²) in [5.41, 5.74) is 2.32. The number of nitrogens with zero attached hydrogens (tertiary/aromatic N) is 2. The molecule has 0 aliphatic carbocycles. The van der Waals surface area contributed by atoms with Crippen molar-refractivity contribution in [3.8, 4) is 11.4 Å². The number of anilines is 2. The fourth-order valence-electron chi connectivity index (χ4n) is 2.09. The molecule has 2 amide bonds. The highest BCUT2D eigenvalue weighted by Crippen LogP contribution is 2.16. The molecule has 0 aliphatic rings. The first kappa shape index (κ1) is 14.6. The standard InChI is InChI=1S/C17H16N4O2/c1-23-16-9-5-14(6-10-16)20-17(22)19-13-3-7-15(8-4-13)21-12-2-11-18-21/h2-12H,1H3,(H2,19,20,22). The maximum Gasteiger partial charge on any atom is 0.323 e. The fraction of sp³-hybridized carbons (Fsp3) is 0.0588. The first-order valence-corrected chi connectivity index (χ1v) is 7.07. The molecule has 0 fully saturated rings. The highest BCUT2D eigenvalue weighted by molar-refractivity contribution is 5.99. The molecule has 1 aromatic heterocycles. The van der Waals surface area contributed by atoms with Gasteiger partial charge in [0.25, 0.3) is 0 Å². The van der Waals surface area contributed by atoms with Crippen LogP contribution in [0.4, 0.5) is 16.2 Å². The van der Waals surface area contributed by atoms with Crippen molar-refractivity contribution in [1.82, 2.24) is 9.78 Å². The van der Waals surface area contributed by atoms with Gasteiger partial charge in [0.2, 0.25) is 0 Å². The second-order valence-electron chi connectivity index (χ2n) is 4.81. The van der Waals surface area contributed by atoms with E-state index in [2.05, 4.69) is 15.7 Å². The van der Waals surface area contributed by atoms with Gasteiger partial charge in [-0.05, 0) is 54.6 Å². The second-order valence-corrected chi connectivity index (χ2v) is 4.81. The third kappa shape index (κ3) is 3.68. The number of carbonyl (C=O) groups is 1. The van der Waals surface area contributed by atoms with Crippen LogP contribution in [-0.4, -0.2) is 22.9 Å². The molecule has 0 spiro atoms. The Bertz CT molecular complexity index is 765. The van der Waals surface area contributed by atoms with Gasteiger partial charge in [0.05, 0.1) is 12.8 Å². The molecule has 2 aromatic carbocycles. The number of hydrogen-bond donors (Lipinski definition) is 2. The van der Waals surface area contributed by atoms with E-state index in [0.717, 1.165) is 11.4 Å². The van der Waals surface area contributed by atoms with Crippen LogP contribution in [0, 0.1) is 0 Å². The van der Waals surface area contributed by atoms with Crippen LogP contribution in [0.25, 0.3) is 5.69 Å². The Labute approximate surface area is 133 Å². The van der Waals surface area contributed by atoms with E-state index in [1.807, 2.05) is 36.5 Å². The number of carbonyl (C=O) groups excluding carboxylic acids is 1. The van der Waals surface area contributed by atoms with E-state index in [4.69, 9.17) is 4.74 Å². The molecule has 0 saturated carbocycles. The van der Waals surface area contributed by atoms with E-state index in [9.17, 15) is 4.79 Å². The number of benzene rings is 2. The lowest BCUT2D eigenvalue weighted by molar-refractivity contribution is 0.262. The van der Waals surface area contributed by atoms with Crippen molar-refractivity contribution in [3.05, 3.63) is 67.0 Å². The van der Waals surface area contributed by atoms with Crippen LogP contribution < -0.4 is 15.4 Å². The summed E-state index contributed by atoms with van der Waals surface area (Å²) in [6.45, 7) is 0. The average Bonchev–Trinajstić information content (AvgIpc) is 3.11. The van der Waals surface area contributed by atoms with E-state index in [1.54, 1.807) is 42.3 Å². The van der Waals surface area contributed by atoms with Gasteiger partial charge in [0.1, 0.15) is 5.75 Å². The number of aromatic nitrogens is 2. The van der Waals surface area contributed by atoms with Crippen LogP contribution in [-0.2, 0) is 0 Å². The minimum absolute atomic E-state index is 0.304. The van der Waals surface area contributed by atoms with Gasteiger partial charge in [0, 0.05) is 23.8 Å². The lowest BCUT2D eigenvalue weighted by Crippen LogP contribution is -2.19. The summed E-state index contributed by atoms with van der Waals surface area (Å²) < 4.78 is 6.83. The lowest BCUT2D eigenvalue weighted by Gasteiger charge is -2.09. The largest absolute Gasteiger partial charge is 0.497 e. The van der Waals surface area contributed by atoms with E-state index < -0.39 is 0 Å². The zero-order valence-electron chi connectivity index (χ0n) is 12.6. The van der Waals surface area contributed by atoms with Crippen molar-refractivity contribution in [3.63, 3.8) is 0 Å². The van der Waals surface area contributed by atoms with Crippen molar-refractivity contribution in [2.45, 2.75) is 0 Å². The monoisotopic (exact) mass is 308 g/mol. The lowest BCUT2D eigenvalue weighted by atomic mass is 10.3. The third-order valence-electron chi connectivity index (χ3n) is 3.24. The Morgan fingerprint density at radius 1 is 1.00 bits per heavy atom. The minimum atomic E-state index is -0.304. The summed E-state index contributed by atoms with van der Waals surface area (Å²) in [6.07, 6.45) is 3.58. The molecular weight excluding hydrogens is 292 g/mol. The molecule has 0 aliphatic heterocycles. The Hall–Kier alpha value is -3.28. The molecule has 0 saturated heterocycles. The highest BCUT2D eigenvalue weighted by atomic mass is 16.5. The maximum atomic E-state index is 12.0. The second kappa shape index (κ2) is 6.65. The van der Waals surface area contributed by atoms with Gasteiger partial charge >= 0.3 is 6.03 Å². The highest BCUT2D eigenvalue weighted by Gasteiger charge is 2.03. The molecule has 0 atom stereocenters. The Morgan fingerprint density at radius 3 is 2.13 bits per heavy atom. The molecule has 6 nitrogen and oxygen atoms in total. The number of rotatable bonds is 4. The van der Waals surface area contributed by atoms with Gasteiger partial charge in [-0.25, -0.2) is 9.48 Å². The molecule has 2 N–H and O–H groups in total. The van der Waals surface area contributed by atoms with Crippen LogP contribution >= 0.6 is 0 Å². The van der Waals surface area contributed by atoms with E-state index in [-0.39, 0.29) is 6.03 Å². The van der Waals surface area contributed by atoms with Gasteiger partial charge in [-0.15, -0.1) is 0 Å². The average molecular weight is 308 g/mol. The van der Waals surface area contributed by atoms with Crippen LogP contribution in [0.15, 0.2) is 67.0 Å². The van der Waals surface area contributed by atoms with Crippen LogP contribution in [0.3, 0.4) is 0 Å². The predicted molar refractivity (Wildman–Crippen MR) is 89.2 cm³/mol. The van der Waals surface area contributed by atoms with Gasteiger partial charge < -0.3 is 15.4 Å². The van der Waals surface area contributed by atoms with Gasteiger partial charge in [0.15, 0.2) is 0 Å². The number of nitrogens with one attached hydrogen (secondary N) is 2. The van der Waals surface area contributed by atoms with Crippen LogP contribution in [0.1, 0.15) is 0 Å². The smallest absolute Gasteiger partial charge is 0.323 e.